The number of fused-ring (bicyclic) bond motifs is 3. The molecular weight excluding hydrogens is 423 g/mol. The molecule has 4 heterocycles. The molecule has 0 radical (unpaired) electrons. The summed E-state index contributed by atoms with van der Waals surface area (Å²) in [6.07, 6.45) is 4.30. The minimum Gasteiger partial charge on any atom is -0.340 e. The van der Waals surface area contributed by atoms with Crippen molar-refractivity contribution in [3.05, 3.63) is 59.4 Å². The molecule has 0 saturated carbocycles. The van der Waals surface area contributed by atoms with Crippen LogP contribution in [-0.2, 0) is 13.0 Å². The Balaban J connectivity index is 1.61. The zero-order valence-corrected chi connectivity index (χ0v) is 19.0. The van der Waals surface area contributed by atoms with Crippen LogP contribution in [0.3, 0.4) is 0 Å². The summed E-state index contributed by atoms with van der Waals surface area (Å²) in [5.41, 5.74) is 1.61. The van der Waals surface area contributed by atoms with Gasteiger partial charge in [-0.15, -0.1) is 0 Å². The highest BCUT2D eigenvalue weighted by molar-refractivity contribution is 6.20. The quantitative estimate of drug-likeness (QED) is 0.645. The summed E-state index contributed by atoms with van der Waals surface area (Å²) in [5, 5.41) is 8.10. The maximum absolute atomic E-state index is 13.5. The van der Waals surface area contributed by atoms with Gasteiger partial charge in [0.25, 0.3) is 5.91 Å². The lowest BCUT2D eigenvalue weighted by atomic mass is 10.1. The van der Waals surface area contributed by atoms with Crippen molar-refractivity contribution >= 4 is 29.2 Å². The summed E-state index contributed by atoms with van der Waals surface area (Å²) in [6, 6.07) is 5.99. The topological polar surface area (TPSA) is 91.5 Å². The largest absolute Gasteiger partial charge is 0.340 e. The van der Waals surface area contributed by atoms with E-state index < -0.39 is 0 Å². The second kappa shape index (κ2) is 7.65. The first-order valence-electron chi connectivity index (χ1n) is 10.8. The monoisotopic (exact) mass is 448 g/mol. The average molecular weight is 449 g/mol. The summed E-state index contributed by atoms with van der Waals surface area (Å²) < 4.78 is 15.2. The van der Waals surface area contributed by atoms with Gasteiger partial charge in [0, 0.05) is 37.1 Å². The van der Waals surface area contributed by atoms with Crippen LogP contribution in [0, 0.1) is 5.82 Å². The van der Waals surface area contributed by atoms with Crippen LogP contribution in [-0.4, -0.2) is 55.6 Å². The number of hydrogen-bond donors (Lipinski definition) is 1. The van der Waals surface area contributed by atoms with Crippen LogP contribution in [0.25, 0.3) is 0 Å². The van der Waals surface area contributed by atoms with E-state index in [2.05, 4.69) is 15.3 Å². The molecule has 0 saturated heterocycles. The molecule has 2 aliphatic heterocycles. The second-order valence-corrected chi connectivity index (χ2v) is 8.87. The maximum Gasteiger partial charge on any atom is 0.267 e. The van der Waals surface area contributed by atoms with E-state index in [1.807, 2.05) is 25.7 Å². The number of nitrogens with one attached hydrogen (secondary N) is 1. The Morgan fingerprint density at radius 2 is 1.85 bits per heavy atom. The van der Waals surface area contributed by atoms with Gasteiger partial charge < -0.3 is 5.32 Å². The van der Waals surface area contributed by atoms with E-state index in [1.165, 1.54) is 12.1 Å². The number of carbonyl (C=O) groups excluding carboxylic acids is 1. The summed E-state index contributed by atoms with van der Waals surface area (Å²) >= 11 is 0. The third-order valence-electron chi connectivity index (χ3n) is 5.71. The molecule has 9 nitrogen and oxygen atoms in total. The average Bonchev–Trinajstić information content (AvgIpc) is 3.31. The lowest BCUT2D eigenvalue weighted by Crippen LogP contribution is -2.48. The molecule has 0 bridgehead atoms. The van der Waals surface area contributed by atoms with Crippen LogP contribution in [0.1, 0.15) is 42.5 Å². The van der Waals surface area contributed by atoms with Gasteiger partial charge in [-0.05, 0) is 38.1 Å². The SMILES string of the molecule is CCc1ncc(Cn2nc3c(c2Nc2ccc(F)cc2)C(=O)N(C)C2=NC(C)(C)CN23)cn1. The van der Waals surface area contributed by atoms with Gasteiger partial charge in [-0.3, -0.25) is 14.6 Å². The van der Waals surface area contributed by atoms with Crippen LogP contribution < -0.4 is 10.2 Å². The van der Waals surface area contributed by atoms with Crippen molar-refractivity contribution in [3.8, 4) is 0 Å². The van der Waals surface area contributed by atoms with Crippen molar-refractivity contribution in [1.29, 1.82) is 0 Å². The first-order chi connectivity index (χ1) is 15.8. The number of benzene rings is 1. The van der Waals surface area contributed by atoms with Gasteiger partial charge >= 0.3 is 0 Å². The highest BCUT2D eigenvalue weighted by atomic mass is 19.1. The Kier molecular flexibility index (Phi) is 4.88. The number of nitrogens with zero attached hydrogens (tertiary/aromatic N) is 7. The predicted octanol–water partition coefficient (Wildman–Crippen LogP) is 3.21. The molecule has 170 valence electrons. The van der Waals surface area contributed by atoms with Crippen LogP contribution in [0.15, 0.2) is 41.7 Å². The van der Waals surface area contributed by atoms with Gasteiger partial charge in [0.05, 0.1) is 18.6 Å². The van der Waals surface area contributed by atoms with Crippen molar-refractivity contribution in [2.24, 2.45) is 4.99 Å². The van der Waals surface area contributed by atoms with Crippen molar-refractivity contribution in [2.75, 3.05) is 23.8 Å². The Hall–Kier alpha value is -3.82. The fraction of sp³-hybridized carbons (Fsp3) is 0.348. The molecule has 1 aromatic carbocycles. The maximum atomic E-state index is 13.5. The Labute approximate surface area is 191 Å². The zero-order chi connectivity index (χ0) is 23.3. The molecule has 2 aromatic heterocycles. The van der Waals surface area contributed by atoms with E-state index in [1.54, 1.807) is 41.2 Å². The van der Waals surface area contributed by atoms with Gasteiger partial charge in [0.1, 0.15) is 23.0 Å². The van der Waals surface area contributed by atoms with E-state index >= 15 is 0 Å². The third-order valence-corrected chi connectivity index (χ3v) is 5.71. The molecule has 1 amide bonds. The number of carbonyl (C=O) groups is 1. The molecule has 10 heteroatoms. The molecule has 0 atom stereocenters. The number of rotatable bonds is 5. The van der Waals surface area contributed by atoms with E-state index in [0.29, 0.717) is 41.9 Å². The molecule has 3 aromatic rings. The standard InChI is InChI=1S/C23H25FN8O/c1-5-17-25-10-14(11-26-17)12-32-19(27-16-8-6-15(24)7-9-16)18-20(29-32)31-13-23(2,3)28-22(31)30(4)21(18)33/h6-11,27H,5,12-13H2,1-4H3. The Morgan fingerprint density at radius 3 is 2.52 bits per heavy atom. The lowest BCUT2D eigenvalue weighted by Gasteiger charge is -2.30. The molecule has 2 aliphatic rings. The predicted molar refractivity (Wildman–Crippen MR) is 123 cm³/mol. The third kappa shape index (κ3) is 3.71. The molecule has 0 unspecified atom stereocenters. The number of anilines is 3. The summed E-state index contributed by atoms with van der Waals surface area (Å²) in [4.78, 5) is 30.4. The van der Waals surface area contributed by atoms with Crippen LogP contribution in [0.4, 0.5) is 21.7 Å². The fourth-order valence-electron chi connectivity index (χ4n) is 4.07. The van der Waals surface area contributed by atoms with Crippen LogP contribution >= 0.6 is 0 Å². The van der Waals surface area contributed by atoms with E-state index in [0.717, 1.165) is 17.8 Å². The molecular formula is C23H25FN8O. The second-order valence-electron chi connectivity index (χ2n) is 8.87. The number of aliphatic imine (C=N–C) groups is 1. The summed E-state index contributed by atoms with van der Waals surface area (Å²) in [6.45, 7) is 7.02. The summed E-state index contributed by atoms with van der Waals surface area (Å²) in [5.74, 6) is 1.90. The van der Waals surface area contributed by atoms with Crippen molar-refractivity contribution in [2.45, 2.75) is 39.3 Å². The highest BCUT2D eigenvalue weighted by Gasteiger charge is 2.45. The normalized spacial score (nSPS) is 16.5. The van der Waals surface area contributed by atoms with Crippen molar-refractivity contribution in [1.82, 2.24) is 24.6 Å². The van der Waals surface area contributed by atoms with Gasteiger partial charge in [0.2, 0.25) is 5.96 Å². The molecule has 0 fully saturated rings. The van der Waals surface area contributed by atoms with Crippen LogP contribution in [0.2, 0.25) is 0 Å². The lowest BCUT2D eigenvalue weighted by molar-refractivity contribution is 0.0866. The molecule has 5 rings (SSSR count). The number of halogens is 1. The van der Waals surface area contributed by atoms with Crippen LogP contribution in [0.5, 0.6) is 0 Å². The first kappa shape index (κ1) is 21.0. The minimum atomic E-state index is -0.344. The number of hydrogen-bond acceptors (Lipinski definition) is 7. The molecule has 1 N–H and O–H groups in total. The van der Waals surface area contributed by atoms with E-state index in [4.69, 9.17) is 10.1 Å². The van der Waals surface area contributed by atoms with Gasteiger partial charge in [-0.1, -0.05) is 6.92 Å². The Bertz CT molecular complexity index is 1250. The highest BCUT2D eigenvalue weighted by Crippen LogP contribution is 2.38. The van der Waals surface area contributed by atoms with E-state index in [9.17, 15) is 9.18 Å². The first-order valence-corrected chi connectivity index (χ1v) is 10.8. The summed E-state index contributed by atoms with van der Waals surface area (Å²) in [7, 11) is 1.72. The number of aromatic nitrogens is 4. The Morgan fingerprint density at radius 1 is 1.15 bits per heavy atom. The number of guanidine groups is 1. The van der Waals surface area contributed by atoms with Gasteiger partial charge in [0.15, 0.2) is 5.82 Å². The molecule has 33 heavy (non-hydrogen) atoms. The number of aryl methyl sites for hydroxylation is 1. The van der Waals surface area contributed by atoms with Crippen molar-refractivity contribution in [3.63, 3.8) is 0 Å². The molecule has 0 spiro atoms. The minimum absolute atomic E-state index is 0.203. The van der Waals surface area contributed by atoms with Crippen molar-refractivity contribution < 1.29 is 9.18 Å². The zero-order valence-electron chi connectivity index (χ0n) is 19.0. The van der Waals surface area contributed by atoms with Gasteiger partial charge in [-0.2, -0.15) is 5.10 Å². The van der Waals surface area contributed by atoms with Gasteiger partial charge in [-0.25, -0.2) is 24.0 Å². The number of amides is 1. The smallest absolute Gasteiger partial charge is 0.267 e. The molecule has 0 aliphatic carbocycles. The van der Waals surface area contributed by atoms with E-state index in [-0.39, 0.29) is 17.3 Å². The fourth-order valence-corrected chi connectivity index (χ4v) is 4.07.